The van der Waals surface area contributed by atoms with Gasteiger partial charge in [0, 0.05) is 28.9 Å². The Morgan fingerprint density at radius 3 is 2.50 bits per heavy atom. The molecule has 2 nitrogen and oxygen atoms in total. The van der Waals surface area contributed by atoms with Crippen molar-refractivity contribution in [2.24, 2.45) is 5.41 Å². The summed E-state index contributed by atoms with van der Waals surface area (Å²) in [7, 11) is 0. The van der Waals surface area contributed by atoms with Gasteiger partial charge in [0.2, 0.25) is 0 Å². The second-order valence-corrected chi connectivity index (χ2v) is 7.09. The first kappa shape index (κ1) is 13.4. The molecule has 0 aromatic carbocycles. The summed E-state index contributed by atoms with van der Waals surface area (Å²) in [6.45, 7) is 13.2. The number of nitrogens with zero attached hydrogens (tertiary/aromatic N) is 1. The van der Waals surface area contributed by atoms with Crippen molar-refractivity contribution in [2.45, 2.75) is 66.3 Å². The van der Waals surface area contributed by atoms with Crippen LogP contribution in [0.3, 0.4) is 0 Å². The maximum atomic E-state index is 12.3. The molecule has 0 saturated carbocycles. The molecule has 1 aliphatic rings. The maximum absolute atomic E-state index is 12.3. The number of carbonyl (C=O) groups excluding carboxylic acids is 1. The highest BCUT2D eigenvalue weighted by Crippen LogP contribution is 2.39. The zero-order chi connectivity index (χ0) is 13.7. The molecule has 0 saturated heterocycles. The summed E-state index contributed by atoms with van der Waals surface area (Å²) in [5, 5.41) is 0. The highest BCUT2D eigenvalue weighted by Gasteiger charge is 2.36. The van der Waals surface area contributed by atoms with Crippen molar-refractivity contribution in [3.05, 3.63) is 23.0 Å². The predicted octanol–water partition coefficient (Wildman–Crippen LogP) is 4.10. The standard InChI is InChI=1S/C16H25NO/c1-7-16(5,6)17-11(2)8-12-13(17)9-15(3,4)10-14(12)18/h8H,7,9-10H2,1-6H3. The molecule has 1 heterocycles. The van der Waals surface area contributed by atoms with E-state index in [-0.39, 0.29) is 11.0 Å². The molecule has 0 N–H and O–H groups in total. The van der Waals surface area contributed by atoms with Crippen molar-refractivity contribution in [1.29, 1.82) is 0 Å². The lowest BCUT2D eigenvalue weighted by atomic mass is 9.76. The van der Waals surface area contributed by atoms with Gasteiger partial charge in [-0.3, -0.25) is 4.79 Å². The quantitative estimate of drug-likeness (QED) is 0.771. The van der Waals surface area contributed by atoms with Gasteiger partial charge in [0.1, 0.15) is 0 Å². The molecule has 0 unspecified atom stereocenters. The molecule has 18 heavy (non-hydrogen) atoms. The maximum Gasteiger partial charge on any atom is 0.165 e. The summed E-state index contributed by atoms with van der Waals surface area (Å²) >= 11 is 0. The Bertz CT molecular complexity index is 491. The molecule has 2 rings (SSSR count). The van der Waals surface area contributed by atoms with E-state index in [1.54, 1.807) is 0 Å². The number of aromatic nitrogens is 1. The monoisotopic (exact) mass is 247 g/mol. The van der Waals surface area contributed by atoms with E-state index in [0.717, 1.165) is 18.4 Å². The zero-order valence-electron chi connectivity index (χ0n) is 12.6. The van der Waals surface area contributed by atoms with Crippen LogP contribution in [0.4, 0.5) is 0 Å². The Balaban J connectivity index is 2.62. The van der Waals surface area contributed by atoms with E-state index in [0.29, 0.717) is 12.2 Å². The lowest BCUT2D eigenvalue weighted by molar-refractivity contribution is 0.0908. The zero-order valence-corrected chi connectivity index (χ0v) is 12.6. The number of Topliss-reactive ketones (excluding diaryl/α,β-unsaturated/α-hetero) is 1. The first-order chi connectivity index (χ1) is 8.18. The molecule has 1 aromatic heterocycles. The van der Waals surface area contributed by atoms with Gasteiger partial charge in [-0.05, 0) is 45.1 Å². The molecule has 0 amide bonds. The highest BCUT2D eigenvalue weighted by atomic mass is 16.1. The van der Waals surface area contributed by atoms with Gasteiger partial charge in [0.25, 0.3) is 0 Å². The van der Waals surface area contributed by atoms with E-state index in [4.69, 9.17) is 0 Å². The summed E-state index contributed by atoms with van der Waals surface area (Å²) in [6, 6.07) is 2.09. The van der Waals surface area contributed by atoms with Crippen LogP contribution in [0.25, 0.3) is 0 Å². The van der Waals surface area contributed by atoms with Crippen LogP contribution in [-0.2, 0) is 12.0 Å². The van der Waals surface area contributed by atoms with Crippen LogP contribution in [0.5, 0.6) is 0 Å². The van der Waals surface area contributed by atoms with Crippen LogP contribution in [0, 0.1) is 12.3 Å². The van der Waals surface area contributed by atoms with E-state index in [2.05, 4.69) is 52.2 Å². The normalized spacial score (nSPS) is 18.9. The SMILES string of the molecule is CCC(C)(C)n1c(C)cc2c1CC(C)(C)CC2=O. The van der Waals surface area contributed by atoms with E-state index in [1.807, 2.05) is 0 Å². The molecule has 0 spiro atoms. The van der Waals surface area contributed by atoms with Gasteiger partial charge in [-0.1, -0.05) is 20.8 Å². The number of rotatable bonds is 2. The number of ketones is 1. The van der Waals surface area contributed by atoms with Crippen LogP contribution in [-0.4, -0.2) is 10.4 Å². The second-order valence-electron chi connectivity index (χ2n) is 7.09. The second kappa shape index (κ2) is 3.97. The summed E-state index contributed by atoms with van der Waals surface area (Å²) in [6.07, 6.45) is 2.75. The summed E-state index contributed by atoms with van der Waals surface area (Å²) < 4.78 is 2.39. The third-order valence-electron chi connectivity index (χ3n) is 4.34. The minimum absolute atomic E-state index is 0.0887. The van der Waals surface area contributed by atoms with Gasteiger partial charge in [-0.15, -0.1) is 0 Å². The van der Waals surface area contributed by atoms with E-state index in [9.17, 15) is 4.79 Å². The first-order valence-electron chi connectivity index (χ1n) is 6.93. The fourth-order valence-electron chi connectivity index (χ4n) is 3.15. The summed E-state index contributed by atoms with van der Waals surface area (Å²) in [5.41, 5.74) is 3.62. The Hall–Kier alpha value is -1.05. The molecule has 0 atom stereocenters. The lowest BCUT2D eigenvalue weighted by Crippen LogP contribution is -2.33. The third kappa shape index (κ3) is 2.02. The van der Waals surface area contributed by atoms with Crippen molar-refractivity contribution in [1.82, 2.24) is 4.57 Å². The van der Waals surface area contributed by atoms with Crippen LogP contribution in [0.2, 0.25) is 0 Å². The average Bonchev–Trinajstić information content (AvgIpc) is 2.54. The smallest absolute Gasteiger partial charge is 0.165 e. The van der Waals surface area contributed by atoms with Crippen LogP contribution in [0.15, 0.2) is 6.07 Å². The molecule has 0 fully saturated rings. The van der Waals surface area contributed by atoms with Crippen molar-refractivity contribution in [3.8, 4) is 0 Å². The van der Waals surface area contributed by atoms with Crippen molar-refractivity contribution >= 4 is 5.78 Å². The first-order valence-corrected chi connectivity index (χ1v) is 6.93. The number of carbonyl (C=O) groups is 1. The molecule has 0 radical (unpaired) electrons. The molecule has 2 heteroatoms. The Morgan fingerprint density at radius 2 is 1.94 bits per heavy atom. The van der Waals surface area contributed by atoms with Crippen molar-refractivity contribution < 1.29 is 4.79 Å². The topological polar surface area (TPSA) is 22.0 Å². The molecular weight excluding hydrogens is 222 g/mol. The average molecular weight is 247 g/mol. The predicted molar refractivity (Wildman–Crippen MR) is 75.2 cm³/mol. The minimum atomic E-state index is 0.0887. The van der Waals surface area contributed by atoms with Crippen LogP contribution in [0.1, 0.15) is 69.2 Å². The highest BCUT2D eigenvalue weighted by molar-refractivity contribution is 5.99. The molecular formula is C16H25NO. The van der Waals surface area contributed by atoms with Crippen molar-refractivity contribution in [3.63, 3.8) is 0 Å². The summed E-state index contributed by atoms with van der Waals surface area (Å²) in [4.78, 5) is 12.3. The lowest BCUT2D eigenvalue weighted by Gasteiger charge is -2.35. The van der Waals surface area contributed by atoms with Crippen LogP contribution < -0.4 is 0 Å². The Kier molecular flexibility index (Phi) is 2.95. The summed E-state index contributed by atoms with van der Waals surface area (Å²) in [5.74, 6) is 0.315. The number of aryl methyl sites for hydroxylation is 1. The van der Waals surface area contributed by atoms with Crippen LogP contribution >= 0.6 is 0 Å². The fourth-order valence-corrected chi connectivity index (χ4v) is 3.15. The third-order valence-corrected chi connectivity index (χ3v) is 4.34. The molecule has 0 aliphatic heterocycles. The number of fused-ring (bicyclic) bond motifs is 1. The number of hydrogen-bond acceptors (Lipinski definition) is 1. The van der Waals surface area contributed by atoms with E-state index < -0.39 is 0 Å². The Labute approximate surface area is 110 Å². The van der Waals surface area contributed by atoms with E-state index in [1.165, 1.54) is 11.4 Å². The van der Waals surface area contributed by atoms with Gasteiger partial charge in [-0.25, -0.2) is 0 Å². The van der Waals surface area contributed by atoms with E-state index >= 15 is 0 Å². The van der Waals surface area contributed by atoms with Gasteiger partial charge < -0.3 is 4.57 Å². The minimum Gasteiger partial charge on any atom is -0.343 e. The largest absolute Gasteiger partial charge is 0.343 e. The van der Waals surface area contributed by atoms with Gasteiger partial charge in [-0.2, -0.15) is 0 Å². The van der Waals surface area contributed by atoms with Gasteiger partial charge in [0.15, 0.2) is 5.78 Å². The Morgan fingerprint density at radius 1 is 1.33 bits per heavy atom. The van der Waals surface area contributed by atoms with Gasteiger partial charge >= 0.3 is 0 Å². The molecule has 1 aliphatic carbocycles. The fraction of sp³-hybridized carbons (Fsp3) is 0.688. The molecule has 100 valence electrons. The molecule has 1 aromatic rings. The number of hydrogen-bond donors (Lipinski definition) is 0. The van der Waals surface area contributed by atoms with Gasteiger partial charge in [0.05, 0.1) is 0 Å². The van der Waals surface area contributed by atoms with Crippen molar-refractivity contribution in [2.75, 3.05) is 0 Å². The molecule has 0 bridgehead atoms.